The molecule has 3 aromatic heterocycles. The van der Waals surface area contributed by atoms with Gasteiger partial charge in [0, 0.05) is 36.3 Å². The van der Waals surface area contributed by atoms with Crippen molar-refractivity contribution in [3.8, 4) is 17.1 Å². The molecule has 0 aromatic carbocycles. The molecule has 1 aliphatic rings. The summed E-state index contributed by atoms with van der Waals surface area (Å²) in [4.78, 5) is 33.1. The van der Waals surface area contributed by atoms with E-state index < -0.39 is 0 Å². The van der Waals surface area contributed by atoms with Crippen LogP contribution in [-0.2, 0) is 4.79 Å². The van der Waals surface area contributed by atoms with E-state index in [-0.39, 0.29) is 42.7 Å². The van der Waals surface area contributed by atoms with Gasteiger partial charge < -0.3 is 26.2 Å². The van der Waals surface area contributed by atoms with Gasteiger partial charge in [-0.3, -0.25) is 9.59 Å². The van der Waals surface area contributed by atoms with Gasteiger partial charge in [-0.25, -0.2) is 14.5 Å². The number of nitrogens with zero attached hydrogens (tertiary/aromatic N) is 4. The number of amides is 2. The van der Waals surface area contributed by atoms with E-state index in [1.54, 1.807) is 28.9 Å². The molecule has 3 aromatic rings. The Hall–Kier alpha value is -3.73. The number of aliphatic hydroxyl groups is 1. The maximum absolute atomic E-state index is 13.2. The molecule has 174 valence electrons. The normalized spacial score (nSPS) is 18.1. The molecule has 0 radical (unpaired) electrons. The van der Waals surface area contributed by atoms with Crippen molar-refractivity contribution in [3.63, 3.8) is 0 Å². The minimum Gasteiger partial charge on any atom is -0.481 e. The molecule has 11 heteroatoms. The van der Waals surface area contributed by atoms with E-state index in [2.05, 4.69) is 25.7 Å². The van der Waals surface area contributed by atoms with Crippen molar-refractivity contribution in [1.82, 2.24) is 30.2 Å². The average molecular weight is 454 g/mol. The summed E-state index contributed by atoms with van der Waals surface area (Å²) in [6, 6.07) is 5.34. The Morgan fingerprint density at radius 1 is 1.18 bits per heavy atom. The van der Waals surface area contributed by atoms with Crippen LogP contribution in [0.25, 0.3) is 16.8 Å². The van der Waals surface area contributed by atoms with Gasteiger partial charge >= 0.3 is 0 Å². The summed E-state index contributed by atoms with van der Waals surface area (Å²) in [6.45, 7) is -0.163. The maximum atomic E-state index is 13.2. The number of aromatic nitrogens is 4. The summed E-state index contributed by atoms with van der Waals surface area (Å²) in [5.41, 5.74) is 8.38. The van der Waals surface area contributed by atoms with Crippen LogP contribution in [-0.4, -0.2) is 62.3 Å². The van der Waals surface area contributed by atoms with E-state index in [1.807, 2.05) is 0 Å². The van der Waals surface area contributed by atoms with Crippen LogP contribution in [0.4, 0.5) is 5.82 Å². The highest BCUT2D eigenvalue weighted by Gasteiger charge is 2.26. The Kier molecular flexibility index (Phi) is 6.68. The molecule has 1 aliphatic carbocycles. The highest BCUT2D eigenvalue weighted by molar-refractivity contribution is 6.05. The first-order valence-corrected chi connectivity index (χ1v) is 10.8. The molecular weight excluding hydrogens is 426 g/mol. The van der Waals surface area contributed by atoms with Crippen LogP contribution < -0.4 is 21.1 Å². The molecule has 0 aliphatic heterocycles. The number of carbonyl (C=O) groups excluding carboxylic acids is 2. The molecule has 1 fully saturated rings. The lowest BCUT2D eigenvalue weighted by atomic mass is 9.91. The number of fused-ring (bicyclic) bond motifs is 1. The van der Waals surface area contributed by atoms with Gasteiger partial charge in [0.2, 0.25) is 11.8 Å². The second-order valence-corrected chi connectivity index (χ2v) is 8.00. The van der Waals surface area contributed by atoms with Crippen molar-refractivity contribution in [2.45, 2.75) is 44.2 Å². The molecule has 33 heavy (non-hydrogen) atoms. The second kappa shape index (κ2) is 9.82. The predicted molar refractivity (Wildman–Crippen MR) is 121 cm³/mol. The fourth-order valence-electron chi connectivity index (χ4n) is 4.17. The lowest BCUT2D eigenvalue weighted by molar-refractivity contribution is -0.122. The smallest absolute Gasteiger partial charge is 0.253 e. The monoisotopic (exact) mass is 453 g/mol. The number of ether oxygens (including phenoxy) is 1. The summed E-state index contributed by atoms with van der Waals surface area (Å²) in [7, 11) is 1.54. The number of nitrogens with two attached hydrogens (primary N) is 1. The zero-order valence-corrected chi connectivity index (χ0v) is 18.3. The summed E-state index contributed by atoms with van der Waals surface area (Å²) in [5, 5.41) is 19.2. The Morgan fingerprint density at radius 2 is 1.91 bits per heavy atom. The molecule has 5 N–H and O–H groups in total. The highest BCUT2D eigenvalue weighted by Crippen LogP contribution is 2.29. The summed E-state index contributed by atoms with van der Waals surface area (Å²) in [5.74, 6) is 0.242. The molecule has 0 saturated heterocycles. The first-order valence-electron chi connectivity index (χ1n) is 10.8. The van der Waals surface area contributed by atoms with Gasteiger partial charge in [-0.05, 0) is 37.8 Å². The van der Waals surface area contributed by atoms with E-state index in [0.717, 1.165) is 31.2 Å². The summed E-state index contributed by atoms with van der Waals surface area (Å²) >= 11 is 0. The van der Waals surface area contributed by atoms with Crippen molar-refractivity contribution in [2.24, 2.45) is 0 Å². The first kappa shape index (κ1) is 22.5. The Morgan fingerprint density at radius 3 is 2.61 bits per heavy atom. The molecule has 0 atom stereocenters. The quantitative estimate of drug-likeness (QED) is 0.411. The van der Waals surface area contributed by atoms with Gasteiger partial charge in [0.25, 0.3) is 5.91 Å². The van der Waals surface area contributed by atoms with E-state index in [1.165, 1.54) is 13.4 Å². The van der Waals surface area contributed by atoms with Crippen molar-refractivity contribution in [2.75, 3.05) is 19.5 Å². The number of methoxy groups -OCH3 is 1. The predicted octanol–water partition coefficient (Wildman–Crippen LogP) is 0.922. The van der Waals surface area contributed by atoms with Gasteiger partial charge in [-0.1, -0.05) is 0 Å². The molecule has 3 heterocycles. The lowest BCUT2D eigenvalue weighted by Gasteiger charge is -2.29. The number of hydrogen-bond acceptors (Lipinski definition) is 8. The lowest BCUT2D eigenvalue weighted by Crippen LogP contribution is -2.43. The minimum absolute atomic E-state index is 0.0197. The van der Waals surface area contributed by atoms with E-state index in [9.17, 15) is 9.59 Å². The SMILES string of the molecule is COc1cc(-c2cc(C(=O)NC3CCC(NC(=O)CCO)CC3)c3c(N)ncnn23)ccn1. The number of nitrogen functional groups attached to an aromatic ring is 1. The Labute approximate surface area is 190 Å². The van der Waals surface area contributed by atoms with Crippen LogP contribution in [0.15, 0.2) is 30.7 Å². The largest absolute Gasteiger partial charge is 0.481 e. The van der Waals surface area contributed by atoms with Crippen molar-refractivity contribution in [1.29, 1.82) is 0 Å². The molecule has 0 spiro atoms. The van der Waals surface area contributed by atoms with E-state index in [4.69, 9.17) is 15.6 Å². The third-order valence-electron chi connectivity index (χ3n) is 5.83. The number of carbonyl (C=O) groups is 2. The molecule has 4 rings (SSSR count). The fourth-order valence-corrected chi connectivity index (χ4v) is 4.17. The molecule has 0 unspecified atom stereocenters. The number of hydrogen-bond donors (Lipinski definition) is 4. The maximum Gasteiger partial charge on any atom is 0.253 e. The van der Waals surface area contributed by atoms with E-state index >= 15 is 0 Å². The molecule has 1 saturated carbocycles. The van der Waals surface area contributed by atoms with Crippen LogP contribution in [0, 0.1) is 0 Å². The number of aliphatic hydroxyl groups excluding tert-OH is 1. The number of rotatable bonds is 7. The topological polar surface area (TPSA) is 157 Å². The Bertz CT molecular complexity index is 1150. The minimum atomic E-state index is -0.256. The van der Waals surface area contributed by atoms with E-state index in [0.29, 0.717) is 22.7 Å². The van der Waals surface area contributed by atoms with Gasteiger partial charge in [-0.15, -0.1) is 0 Å². The number of pyridine rings is 1. The standard InChI is InChI=1S/C22H27N7O4/c1-33-19-10-13(6-8-24-19)17-11-16(20-21(23)25-12-26-29(17)20)22(32)28-15-4-2-14(3-5-15)27-18(31)7-9-30/h6,8,10-12,14-15,30H,2-5,7,9H2,1H3,(H,27,31)(H,28,32)(H2,23,25,26). The number of nitrogens with one attached hydrogen (secondary N) is 2. The van der Waals surface area contributed by atoms with Gasteiger partial charge in [0.15, 0.2) is 5.82 Å². The number of anilines is 1. The van der Waals surface area contributed by atoms with Crippen LogP contribution in [0.5, 0.6) is 5.88 Å². The molecule has 11 nitrogen and oxygen atoms in total. The second-order valence-electron chi connectivity index (χ2n) is 8.00. The third-order valence-corrected chi connectivity index (χ3v) is 5.83. The average Bonchev–Trinajstić information content (AvgIpc) is 3.22. The third kappa shape index (κ3) is 4.87. The van der Waals surface area contributed by atoms with Crippen molar-refractivity contribution >= 4 is 23.1 Å². The van der Waals surface area contributed by atoms with Crippen molar-refractivity contribution in [3.05, 3.63) is 36.3 Å². The van der Waals surface area contributed by atoms with Crippen LogP contribution in [0.3, 0.4) is 0 Å². The highest BCUT2D eigenvalue weighted by atomic mass is 16.5. The summed E-state index contributed by atoms with van der Waals surface area (Å²) in [6.07, 6.45) is 6.06. The Balaban J connectivity index is 1.53. The zero-order valence-electron chi connectivity index (χ0n) is 18.3. The summed E-state index contributed by atoms with van der Waals surface area (Å²) < 4.78 is 6.81. The van der Waals surface area contributed by atoms with Crippen LogP contribution >= 0.6 is 0 Å². The van der Waals surface area contributed by atoms with Crippen LogP contribution in [0.2, 0.25) is 0 Å². The van der Waals surface area contributed by atoms with Gasteiger partial charge in [0.1, 0.15) is 11.8 Å². The zero-order chi connectivity index (χ0) is 23.4. The fraction of sp³-hybridized carbons (Fsp3) is 0.409. The molecular formula is C22H27N7O4. The van der Waals surface area contributed by atoms with Crippen LogP contribution in [0.1, 0.15) is 42.5 Å². The first-order chi connectivity index (χ1) is 16.0. The van der Waals surface area contributed by atoms with Gasteiger partial charge in [-0.2, -0.15) is 5.10 Å². The molecule has 2 amide bonds. The van der Waals surface area contributed by atoms with Gasteiger partial charge in [0.05, 0.1) is 25.0 Å². The van der Waals surface area contributed by atoms with Crippen molar-refractivity contribution < 1.29 is 19.4 Å². The molecule has 0 bridgehead atoms.